The Hall–Kier alpha value is -0.810. The molecule has 1 aromatic carbocycles. The zero-order valence-corrected chi connectivity index (χ0v) is 19.6. The molecule has 1 rings (SSSR count). The van der Waals surface area contributed by atoms with Crippen molar-refractivity contribution in [2.24, 2.45) is 4.99 Å². The summed E-state index contributed by atoms with van der Waals surface area (Å²) in [5.41, 5.74) is 0.875. The van der Waals surface area contributed by atoms with Crippen LogP contribution in [0.2, 0.25) is 10.0 Å². The minimum Gasteiger partial charge on any atom is -0.383 e. The number of benzene rings is 1. The van der Waals surface area contributed by atoms with Crippen LogP contribution in [0.25, 0.3) is 0 Å². The predicted molar refractivity (Wildman–Crippen MR) is 120 cm³/mol. The first kappa shape index (κ1) is 26.2. The fourth-order valence-corrected chi connectivity index (χ4v) is 2.26. The summed E-state index contributed by atoms with van der Waals surface area (Å²) in [6, 6.07) is 5.30. The van der Waals surface area contributed by atoms with E-state index in [0.29, 0.717) is 48.9 Å². The van der Waals surface area contributed by atoms with Gasteiger partial charge in [-0.3, -0.25) is 4.79 Å². The molecule has 10 heteroatoms. The number of ether oxygens (including phenoxy) is 2. The lowest BCUT2D eigenvalue weighted by atomic mass is 10.2. The monoisotopic (exact) mass is 532 g/mol. The van der Waals surface area contributed by atoms with E-state index in [4.69, 9.17) is 32.7 Å². The number of hydrogen-bond donors (Lipinski definition) is 2. The van der Waals surface area contributed by atoms with Crippen LogP contribution < -0.4 is 10.6 Å². The number of carbonyl (C=O) groups excluding carboxylic acids is 1. The molecule has 0 aliphatic rings. The fourth-order valence-electron chi connectivity index (χ4n) is 1.80. The second-order valence-corrected chi connectivity index (χ2v) is 6.43. The number of nitrogens with zero attached hydrogens (tertiary/aromatic N) is 2. The number of rotatable bonds is 10. The van der Waals surface area contributed by atoms with Gasteiger partial charge >= 0.3 is 0 Å². The van der Waals surface area contributed by atoms with Crippen molar-refractivity contribution < 1.29 is 14.3 Å². The van der Waals surface area contributed by atoms with Gasteiger partial charge in [0.2, 0.25) is 5.91 Å². The molecular weight excluding hydrogens is 506 g/mol. The molecule has 0 fully saturated rings. The molecule has 0 heterocycles. The quantitative estimate of drug-likeness (QED) is 0.209. The average Bonchev–Trinajstić information content (AvgIpc) is 2.60. The minimum absolute atomic E-state index is 0. The topological polar surface area (TPSA) is 75.2 Å². The van der Waals surface area contributed by atoms with Gasteiger partial charge in [0.25, 0.3) is 0 Å². The van der Waals surface area contributed by atoms with Gasteiger partial charge in [0.15, 0.2) is 5.96 Å². The Balaban J connectivity index is 0.00000676. The maximum absolute atomic E-state index is 11.7. The summed E-state index contributed by atoms with van der Waals surface area (Å²) in [5, 5.41) is 7.38. The van der Waals surface area contributed by atoms with Crippen molar-refractivity contribution in [2.45, 2.75) is 6.61 Å². The third-order valence-electron chi connectivity index (χ3n) is 3.28. The van der Waals surface area contributed by atoms with Crippen molar-refractivity contribution in [1.29, 1.82) is 0 Å². The molecule has 0 atom stereocenters. The number of carbonyl (C=O) groups is 1. The Labute approximate surface area is 187 Å². The third-order valence-corrected chi connectivity index (χ3v) is 3.87. The molecule has 154 valence electrons. The van der Waals surface area contributed by atoms with Crippen LogP contribution >= 0.6 is 47.2 Å². The number of aliphatic imine (C=N–C) groups is 1. The van der Waals surface area contributed by atoms with Crippen LogP contribution in [0.15, 0.2) is 23.2 Å². The molecule has 0 aliphatic heterocycles. The molecule has 27 heavy (non-hydrogen) atoms. The zero-order valence-electron chi connectivity index (χ0n) is 15.8. The Kier molecular flexibility index (Phi) is 14.7. The normalized spacial score (nSPS) is 10.9. The lowest BCUT2D eigenvalue weighted by Gasteiger charge is -2.14. The molecule has 0 spiro atoms. The first-order chi connectivity index (χ1) is 12.4. The molecule has 0 unspecified atom stereocenters. The third kappa shape index (κ3) is 11.6. The van der Waals surface area contributed by atoms with Crippen molar-refractivity contribution in [3.05, 3.63) is 33.8 Å². The number of nitrogens with one attached hydrogen (secondary N) is 2. The molecule has 2 N–H and O–H groups in total. The van der Waals surface area contributed by atoms with E-state index in [9.17, 15) is 4.79 Å². The Morgan fingerprint density at radius 3 is 2.44 bits per heavy atom. The first-order valence-electron chi connectivity index (χ1n) is 8.17. The number of halogens is 3. The van der Waals surface area contributed by atoms with Gasteiger partial charge in [0, 0.05) is 44.3 Å². The van der Waals surface area contributed by atoms with E-state index in [1.165, 1.54) is 4.90 Å². The van der Waals surface area contributed by atoms with E-state index in [0.717, 1.165) is 5.56 Å². The van der Waals surface area contributed by atoms with Gasteiger partial charge < -0.3 is 25.0 Å². The molecule has 0 aromatic heterocycles. The highest BCUT2D eigenvalue weighted by Crippen LogP contribution is 2.21. The maximum atomic E-state index is 11.7. The first-order valence-corrected chi connectivity index (χ1v) is 8.92. The van der Waals surface area contributed by atoms with E-state index in [-0.39, 0.29) is 36.4 Å². The van der Waals surface area contributed by atoms with E-state index in [1.807, 2.05) is 6.07 Å². The van der Waals surface area contributed by atoms with Gasteiger partial charge in [0.1, 0.15) is 6.54 Å². The van der Waals surface area contributed by atoms with Crippen LogP contribution in [0, 0.1) is 0 Å². The van der Waals surface area contributed by atoms with Crippen molar-refractivity contribution >= 4 is 59.0 Å². The van der Waals surface area contributed by atoms with Gasteiger partial charge in [-0.15, -0.1) is 24.0 Å². The molecule has 1 amide bonds. The van der Waals surface area contributed by atoms with Crippen LogP contribution in [-0.4, -0.2) is 70.8 Å². The number of likely N-dealkylation sites (N-methyl/N-ethyl adjacent to an activating group) is 1. The number of guanidine groups is 1. The summed E-state index contributed by atoms with van der Waals surface area (Å²) >= 11 is 12.0. The summed E-state index contributed by atoms with van der Waals surface area (Å²) < 4.78 is 10.6. The van der Waals surface area contributed by atoms with Crippen molar-refractivity contribution in [2.75, 3.05) is 54.1 Å². The molecule has 0 radical (unpaired) electrons. The van der Waals surface area contributed by atoms with Crippen LogP contribution in [0.5, 0.6) is 0 Å². The summed E-state index contributed by atoms with van der Waals surface area (Å²) in [7, 11) is 5.01. The van der Waals surface area contributed by atoms with Crippen LogP contribution in [0.4, 0.5) is 0 Å². The molecule has 7 nitrogen and oxygen atoms in total. The van der Waals surface area contributed by atoms with Gasteiger partial charge in [-0.2, -0.15) is 0 Å². The lowest BCUT2D eigenvalue weighted by molar-refractivity contribution is -0.127. The molecule has 0 saturated heterocycles. The lowest BCUT2D eigenvalue weighted by Crippen LogP contribution is -2.41. The highest BCUT2D eigenvalue weighted by Gasteiger charge is 2.05. The number of amides is 1. The molecule has 1 aromatic rings. The summed E-state index contributed by atoms with van der Waals surface area (Å²) in [5.74, 6) is 0.455. The molecule has 0 saturated carbocycles. The Morgan fingerprint density at radius 2 is 1.85 bits per heavy atom. The van der Waals surface area contributed by atoms with Crippen molar-refractivity contribution in [1.82, 2.24) is 15.5 Å². The van der Waals surface area contributed by atoms with Gasteiger partial charge in [-0.05, 0) is 17.7 Å². The summed E-state index contributed by atoms with van der Waals surface area (Å²) in [6.07, 6.45) is 0. The van der Waals surface area contributed by atoms with Gasteiger partial charge in [-0.25, -0.2) is 4.99 Å². The van der Waals surface area contributed by atoms with Crippen LogP contribution in [0.3, 0.4) is 0 Å². The molecule has 0 bridgehead atoms. The summed E-state index contributed by atoms with van der Waals surface area (Å²) in [4.78, 5) is 17.4. The van der Waals surface area contributed by atoms with Gasteiger partial charge in [-0.1, -0.05) is 29.3 Å². The smallest absolute Gasteiger partial charge is 0.243 e. The second-order valence-electron chi connectivity index (χ2n) is 5.59. The second kappa shape index (κ2) is 15.2. The Bertz CT molecular complexity index is 604. The van der Waals surface area contributed by atoms with E-state index in [2.05, 4.69) is 15.6 Å². The highest BCUT2D eigenvalue weighted by atomic mass is 127. The van der Waals surface area contributed by atoms with Crippen molar-refractivity contribution in [3.8, 4) is 0 Å². The predicted octanol–water partition coefficient (Wildman–Crippen LogP) is 2.40. The molecular formula is C17H27Cl2IN4O3. The van der Waals surface area contributed by atoms with E-state index in [1.54, 1.807) is 33.3 Å². The SMILES string of the molecule is COCCNC(=NCC(=O)N(C)C)NCCOCc1ccc(Cl)cc1Cl.I. The summed E-state index contributed by atoms with van der Waals surface area (Å²) in [6.45, 7) is 2.55. The van der Waals surface area contributed by atoms with Crippen LogP contribution in [0.1, 0.15) is 5.56 Å². The Morgan fingerprint density at radius 1 is 1.19 bits per heavy atom. The highest BCUT2D eigenvalue weighted by molar-refractivity contribution is 14.0. The van der Waals surface area contributed by atoms with E-state index >= 15 is 0 Å². The fraction of sp³-hybridized carbons (Fsp3) is 0.529. The number of hydrogen-bond acceptors (Lipinski definition) is 4. The average molecular weight is 533 g/mol. The largest absolute Gasteiger partial charge is 0.383 e. The van der Waals surface area contributed by atoms with E-state index < -0.39 is 0 Å². The minimum atomic E-state index is -0.0773. The zero-order chi connectivity index (χ0) is 19.4. The standard InChI is InChI=1S/C17H26Cl2N4O3.HI/c1-23(2)16(24)11-22-17(20-6-8-25-3)21-7-9-26-12-13-4-5-14(18)10-15(13)19;/h4-5,10H,6-9,11-12H2,1-3H3,(H2,20,21,22);1H. The van der Waals surface area contributed by atoms with Gasteiger partial charge in [0.05, 0.1) is 19.8 Å². The van der Waals surface area contributed by atoms with Crippen molar-refractivity contribution in [3.63, 3.8) is 0 Å². The number of methoxy groups -OCH3 is 1. The molecule has 0 aliphatic carbocycles. The van der Waals surface area contributed by atoms with Crippen LogP contribution in [-0.2, 0) is 20.9 Å². The maximum Gasteiger partial charge on any atom is 0.243 e.